The van der Waals surface area contributed by atoms with Gasteiger partial charge in [-0.3, -0.25) is 4.79 Å². The number of rotatable bonds is 5. The van der Waals surface area contributed by atoms with E-state index in [4.69, 9.17) is 4.74 Å². The molecule has 4 heteroatoms. The van der Waals surface area contributed by atoms with E-state index in [1.807, 2.05) is 20.8 Å². The third-order valence-electron chi connectivity index (χ3n) is 1.98. The van der Waals surface area contributed by atoms with Crippen molar-refractivity contribution in [1.82, 2.24) is 4.90 Å². The summed E-state index contributed by atoms with van der Waals surface area (Å²) in [5, 5.41) is 0. The first-order valence-electron chi connectivity index (χ1n) is 5.06. The second-order valence-corrected chi connectivity index (χ2v) is 4.24. The van der Waals surface area contributed by atoms with Crippen molar-refractivity contribution in [3.05, 3.63) is 25.3 Å². The lowest BCUT2D eigenvalue weighted by Crippen LogP contribution is -2.46. The molecule has 0 aromatic heterocycles. The number of ether oxygens (including phenoxy) is 1. The predicted molar refractivity (Wildman–Crippen MR) is 62.8 cm³/mol. The predicted octanol–water partition coefficient (Wildman–Crippen LogP) is 1.53. The van der Waals surface area contributed by atoms with Gasteiger partial charge >= 0.3 is 5.97 Å². The van der Waals surface area contributed by atoms with E-state index >= 15 is 0 Å². The summed E-state index contributed by atoms with van der Waals surface area (Å²) < 4.78 is 4.83. The van der Waals surface area contributed by atoms with Gasteiger partial charge in [0.25, 0.3) is 0 Å². The van der Waals surface area contributed by atoms with Crippen LogP contribution >= 0.6 is 0 Å². The SMILES string of the molecule is C=CC(=O)OCCN(C(=O)C=C)C(C)(C)C. The van der Waals surface area contributed by atoms with E-state index < -0.39 is 5.97 Å². The second kappa shape index (κ2) is 6.10. The van der Waals surface area contributed by atoms with Crippen LogP contribution in [-0.4, -0.2) is 35.5 Å². The van der Waals surface area contributed by atoms with E-state index in [2.05, 4.69) is 13.2 Å². The average molecular weight is 225 g/mol. The molecule has 90 valence electrons. The maximum Gasteiger partial charge on any atom is 0.330 e. The number of esters is 1. The summed E-state index contributed by atoms with van der Waals surface area (Å²) in [7, 11) is 0. The van der Waals surface area contributed by atoms with Crippen molar-refractivity contribution >= 4 is 11.9 Å². The maximum atomic E-state index is 11.6. The molecule has 0 radical (unpaired) electrons. The Bertz CT molecular complexity index is 289. The molecule has 0 N–H and O–H groups in total. The highest BCUT2D eigenvalue weighted by Crippen LogP contribution is 2.13. The Balaban J connectivity index is 4.35. The van der Waals surface area contributed by atoms with Crippen LogP contribution in [0.1, 0.15) is 20.8 Å². The lowest BCUT2D eigenvalue weighted by atomic mass is 10.1. The molecule has 16 heavy (non-hydrogen) atoms. The van der Waals surface area contributed by atoms with Crippen molar-refractivity contribution in [2.24, 2.45) is 0 Å². The quantitative estimate of drug-likeness (QED) is 0.526. The smallest absolute Gasteiger partial charge is 0.330 e. The fraction of sp³-hybridized carbons (Fsp3) is 0.500. The van der Waals surface area contributed by atoms with E-state index in [1.54, 1.807) is 4.90 Å². The lowest BCUT2D eigenvalue weighted by Gasteiger charge is -2.34. The van der Waals surface area contributed by atoms with Gasteiger partial charge in [-0.25, -0.2) is 4.79 Å². The number of nitrogens with zero attached hydrogens (tertiary/aromatic N) is 1. The van der Waals surface area contributed by atoms with Crippen LogP contribution in [0, 0.1) is 0 Å². The molecule has 0 bridgehead atoms. The molecule has 4 nitrogen and oxygen atoms in total. The molecule has 0 saturated heterocycles. The fourth-order valence-corrected chi connectivity index (χ4v) is 1.18. The van der Waals surface area contributed by atoms with Crippen LogP contribution in [0.4, 0.5) is 0 Å². The van der Waals surface area contributed by atoms with E-state index in [0.29, 0.717) is 6.54 Å². The average Bonchev–Trinajstić information content (AvgIpc) is 2.21. The zero-order valence-corrected chi connectivity index (χ0v) is 10.2. The Labute approximate surface area is 96.6 Å². The molecule has 0 heterocycles. The molecule has 0 aliphatic heterocycles. The maximum absolute atomic E-state index is 11.6. The van der Waals surface area contributed by atoms with Crippen molar-refractivity contribution in [2.45, 2.75) is 26.3 Å². The van der Waals surface area contributed by atoms with E-state index in [-0.39, 0.29) is 18.1 Å². The number of amides is 1. The van der Waals surface area contributed by atoms with Gasteiger partial charge in [-0.05, 0) is 26.8 Å². The van der Waals surface area contributed by atoms with E-state index in [9.17, 15) is 9.59 Å². The van der Waals surface area contributed by atoms with Gasteiger partial charge in [0.2, 0.25) is 5.91 Å². The number of carbonyl (C=O) groups excluding carboxylic acids is 2. The van der Waals surface area contributed by atoms with Crippen LogP contribution in [0.5, 0.6) is 0 Å². The van der Waals surface area contributed by atoms with Crippen LogP contribution in [0.3, 0.4) is 0 Å². The van der Waals surface area contributed by atoms with Crippen LogP contribution < -0.4 is 0 Å². The molecule has 0 fully saturated rings. The molecule has 0 aromatic carbocycles. The van der Waals surface area contributed by atoms with E-state index in [0.717, 1.165) is 6.08 Å². The van der Waals surface area contributed by atoms with Gasteiger partial charge in [0.15, 0.2) is 0 Å². The van der Waals surface area contributed by atoms with Gasteiger partial charge in [0, 0.05) is 11.6 Å². The summed E-state index contributed by atoms with van der Waals surface area (Å²) >= 11 is 0. The minimum Gasteiger partial charge on any atom is -0.461 e. The van der Waals surface area contributed by atoms with Gasteiger partial charge < -0.3 is 9.64 Å². The first-order chi connectivity index (χ1) is 7.32. The summed E-state index contributed by atoms with van der Waals surface area (Å²) in [6.45, 7) is 12.9. The lowest BCUT2D eigenvalue weighted by molar-refractivity contribution is -0.141. The van der Waals surface area contributed by atoms with Gasteiger partial charge in [-0.2, -0.15) is 0 Å². The Kier molecular flexibility index (Phi) is 5.50. The third kappa shape index (κ3) is 4.77. The van der Waals surface area contributed by atoms with Crippen LogP contribution in [-0.2, 0) is 14.3 Å². The van der Waals surface area contributed by atoms with Crippen molar-refractivity contribution in [2.75, 3.05) is 13.2 Å². The van der Waals surface area contributed by atoms with Crippen molar-refractivity contribution in [1.29, 1.82) is 0 Å². The highest BCUT2D eigenvalue weighted by molar-refractivity contribution is 5.87. The molecule has 1 amide bonds. The van der Waals surface area contributed by atoms with Gasteiger partial charge in [0.05, 0.1) is 6.54 Å². The third-order valence-corrected chi connectivity index (χ3v) is 1.98. The molecular weight excluding hydrogens is 206 g/mol. The van der Waals surface area contributed by atoms with Gasteiger partial charge in [0.1, 0.15) is 6.61 Å². The fourth-order valence-electron chi connectivity index (χ4n) is 1.18. The number of hydrogen-bond acceptors (Lipinski definition) is 3. The molecule has 0 saturated carbocycles. The van der Waals surface area contributed by atoms with Crippen molar-refractivity contribution in [3.8, 4) is 0 Å². The second-order valence-electron chi connectivity index (χ2n) is 4.24. The Morgan fingerprint density at radius 3 is 2.19 bits per heavy atom. The van der Waals surface area contributed by atoms with Gasteiger partial charge in [-0.15, -0.1) is 0 Å². The molecule has 0 aromatic rings. The molecule has 0 unspecified atom stereocenters. The van der Waals surface area contributed by atoms with E-state index in [1.165, 1.54) is 6.08 Å². The molecular formula is C12H19NO3. The summed E-state index contributed by atoms with van der Waals surface area (Å²) in [5.74, 6) is -0.665. The summed E-state index contributed by atoms with van der Waals surface area (Å²) in [5.41, 5.74) is -0.328. The Hall–Kier alpha value is -1.58. The Morgan fingerprint density at radius 2 is 1.81 bits per heavy atom. The minimum absolute atomic E-state index is 0.154. The van der Waals surface area contributed by atoms with Gasteiger partial charge in [-0.1, -0.05) is 13.2 Å². The first-order valence-corrected chi connectivity index (χ1v) is 5.06. The molecule has 0 rings (SSSR count). The Morgan fingerprint density at radius 1 is 1.25 bits per heavy atom. The molecule has 0 aliphatic rings. The summed E-state index contributed by atoms with van der Waals surface area (Å²) in [4.78, 5) is 24.0. The highest BCUT2D eigenvalue weighted by Gasteiger charge is 2.24. The van der Waals surface area contributed by atoms with Crippen LogP contribution in [0.25, 0.3) is 0 Å². The summed E-state index contributed by atoms with van der Waals surface area (Å²) in [6.07, 6.45) is 2.34. The topological polar surface area (TPSA) is 46.6 Å². The monoisotopic (exact) mass is 225 g/mol. The molecule has 0 aliphatic carbocycles. The molecule has 0 atom stereocenters. The van der Waals surface area contributed by atoms with Crippen molar-refractivity contribution in [3.63, 3.8) is 0 Å². The van der Waals surface area contributed by atoms with Crippen LogP contribution in [0.15, 0.2) is 25.3 Å². The van der Waals surface area contributed by atoms with Crippen LogP contribution in [0.2, 0.25) is 0 Å². The normalized spacial score (nSPS) is 10.4. The number of carbonyl (C=O) groups is 2. The highest BCUT2D eigenvalue weighted by atomic mass is 16.5. The first kappa shape index (κ1) is 14.4. The molecule has 0 spiro atoms. The number of hydrogen-bond donors (Lipinski definition) is 0. The standard InChI is InChI=1S/C12H19NO3/c1-6-10(14)13(12(3,4)5)8-9-16-11(15)7-2/h6-7H,1-2,8-9H2,3-5H3. The summed E-state index contributed by atoms with van der Waals surface area (Å²) in [6, 6.07) is 0. The van der Waals surface area contributed by atoms with Crippen molar-refractivity contribution < 1.29 is 14.3 Å². The minimum atomic E-state index is -0.486. The zero-order valence-electron chi connectivity index (χ0n) is 10.2. The zero-order chi connectivity index (χ0) is 12.8. The largest absolute Gasteiger partial charge is 0.461 e.